The fourth-order valence-electron chi connectivity index (χ4n) is 2.03. The number of ether oxygens (including phenoxy) is 2. The minimum atomic E-state index is 0.0460. The van der Waals surface area contributed by atoms with Gasteiger partial charge in [0.2, 0.25) is 0 Å². The molecule has 0 aliphatic carbocycles. The maximum atomic E-state index is 5.95. The molecule has 1 aromatic rings. The highest BCUT2D eigenvalue weighted by atomic mass is 16.5. The van der Waals surface area contributed by atoms with Crippen LogP contribution >= 0.6 is 0 Å². The molecule has 1 rings (SSSR count). The fourth-order valence-corrected chi connectivity index (χ4v) is 2.03. The van der Waals surface area contributed by atoms with Gasteiger partial charge in [0.25, 0.3) is 0 Å². The lowest BCUT2D eigenvalue weighted by molar-refractivity contribution is 0.299. The van der Waals surface area contributed by atoms with Gasteiger partial charge in [-0.15, -0.1) is 0 Å². The largest absolute Gasteiger partial charge is 0.497 e. The first-order chi connectivity index (χ1) is 9.49. The quantitative estimate of drug-likeness (QED) is 0.735. The van der Waals surface area contributed by atoms with E-state index in [-0.39, 0.29) is 5.41 Å². The van der Waals surface area contributed by atoms with Crippen LogP contribution in [0.3, 0.4) is 0 Å². The summed E-state index contributed by atoms with van der Waals surface area (Å²) in [5.41, 5.74) is 1.24. The average Bonchev–Trinajstić information content (AvgIpc) is 2.41. The monoisotopic (exact) mass is 279 g/mol. The van der Waals surface area contributed by atoms with E-state index in [2.05, 4.69) is 39.1 Å². The maximum absolute atomic E-state index is 5.95. The van der Waals surface area contributed by atoms with Gasteiger partial charge < -0.3 is 14.8 Å². The summed E-state index contributed by atoms with van der Waals surface area (Å²) in [7, 11) is 1.70. The van der Waals surface area contributed by atoms with E-state index in [1.807, 2.05) is 12.1 Å². The van der Waals surface area contributed by atoms with Crippen LogP contribution in [0.4, 0.5) is 0 Å². The lowest BCUT2D eigenvalue weighted by atomic mass is 9.86. The van der Waals surface area contributed by atoms with Crippen molar-refractivity contribution in [1.29, 1.82) is 0 Å². The molecule has 20 heavy (non-hydrogen) atoms. The van der Waals surface area contributed by atoms with Crippen LogP contribution in [0.2, 0.25) is 0 Å². The summed E-state index contributed by atoms with van der Waals surface area (Å²) in [5, 5.41) is 3.38. The highest BCUT2D eigenvalue weighted by Gasteiger charge is 2.19. The lowest BCUT2D eigenvalue weighted by Gasteiger charge is -2.23. The first-order valence-electron chi connectivity index (χ1n) is 7.51. The van der Waals surface area contributed by atoms with Gasteiger partial charge in [0.15, 0.2) is 0 Å². The zero-order valence-corrected chi connectivity index (χ0v) is 13.6. The Morgan fingerprint density at radius 1 is 1.15 bits per heavy atom. The normalized spacial score (nSPS) is 11.4. The van der Waals surface area contributed by atoms with E-state index in [0.29, 0.717) is 0 Å². The molecule has 0 saturated carbocycles. The summed E-state index contributed by atoms with van der Waals surface area (Å²) in [6, 6.07) is 6.05. The van der Waals surface area contributed by atoms with Crippen molar-refractivity contribution < 1.29 is 9.47 Å². The van der Waals surface area contributed by atoms with Crippen molar-refractivity contribution in [3.8, 4) is 11.5 Å². The van der Waals surface area contributed by atoms with Crippen molar-refractivity contribution in [2.45, 2.75) is 46.0 Å². The number of methoxy groups -OCH3 is 1. The van der Waals surface area contributed by atoms with E-state index in [9.17, 15) is 0 Å². The Labute approximate surface area is 123 Å². The summed E-state index contributed by atoms with van der Waals surface area (Å²) in [6.07, 6.45) is 2.20. The third kappa shape index (κ3) is 5.41. The molecule has 0 aromatic heterocycles. The molecule has 0 bridgehead atoms. The Kier molecular flexibility index (Phi) is 6.86. The molecule has 1 aromatic carbocycles. The van der Waals surface area contributed by atoms with Gasteiger partial charge in [0.05, 0.1) is 13.7 Å². The zero-order valence-electron chi connectivity index (χ0n) is 13.6. The third-order valence-electron chi connectivity index (χ3n) is 3.18. The van der Waals surface area contributed by atoms with Crippen LogP contribution in [0.1, 0.15) is 46.1 Å². The van der Waals surface area contributed by atoms with Crippen LogP contribution in [0.5, 0.6) is 11.5 Å². The van der Waals surface area contributed by atoms with Crippen molar-refractivity contribution >= 4 is 0 Å². The van der Waals surface area contributed by atoms with Crippen molar-refractivity contribution in [1.82, 2.24) is 5.32 Å². The first-order valence-corrected chi connectivity index (χ1v) is 7.51. The second kappa shape index (κ2) is 8.15. The smallest absolute Gasteiger partial charge is 0.123 e. The Balaban J connectivity index is 2.60. The first kappa shape index (κ1) is 16.8. The maximum Gasteiger partial charge on any atom is 0.123 e. The molecular formula is C17H29NO2. The summed E-state index contributed by atoms with van der Waals surface area (Å²) >= 11 is 0. The molecule has 114 valence electrons. The predicted octanol–water partition coefficient (Wildman–Crippen LogP) is 3.76. The van der Waals surface area contributed by atoms with Crippen molar-refractivity contribution in [2.75, 3.05) is 26.8 Å². The molecule has 0 atom stereocenters. The van der Waals surface area contributed by atoms with E-state index in [1.165, 1.54) is 12.0 Å². The van der Waals surface area contributed by atoms with Crippen molar-refractivity contribution in [2.24, 2.45) is 0 Å². The molecule has 0 fully saturated rings. The summed E-state index contributed by atoms with van der Waals surface area (Å²) in [6.45, 7) is 11.6. The van der Waals surface area contributed by atoms with Gasteiger partial charge in [-0.3, -0.25) is 0 Å². The number of nitrogens with one attached hydrogen (secondary N) is 1. The second-order valence-corrected chi connectivity index (χ2v) is 6.06. The second-order valence-electron chi connectivity index (χ2n) is 6.06. The molecule has 1 N–H and O–H groups in total. The number of rotatable bonds is 8. The Morgan fingerprint density at radius 2 is 1.90 bits per heavy atom. The van der Waals surface area contributed by atoms with Gasteiger partial charge in [0, 0.05) is 5.56 Å². The molecule has 0 aliphatic rings. The van der Waals surface area contributed by atoms with Crippen LogP contribution in [-0.2, 0) is 5.41 Å². The molecule has 0 aliphatic heterocycles. The van der Waals surface area contributed by atoms with E-state index >= 15 is 0 Å². The van der Waals surface area contributed by atoms with Gasteiger partial charge in [-0.25, -0.2) is 0 Å². The molecule has 0 heterocycles. The Hall–Kier alpha value is -1.22. The molecule has 0 saturated heterocycles. The van der Waals surface area contributed by atoms with E-state index < -0.39 is 0 Å². The number of benzene rings is 1. The van der Waals surface area contributed by atoms with Crippen LogP contribution in [0.25, 0.3) is 0 Å². The Bertz CT molecular complexity index is 396. The predicted molar refractivity (Wildman–Crippen MR) is 85.0 cm³/mol. The molecule has 0 radical (unpaired) electrons. The third-order valence-corrected chi connectivity index (χ3v) is 3.18. The Morgan fingerprint density at radius 3 is 2.50 bits per heavy atom. The minimum absolute atomic E-state index is 0.0460. The SMILES string of the molecule is CCCNCCCOc1ccc(OC)cc1C(C)(C)C. The molecule has 3 nitrogen and oxygen atoms in total. The van der Waals surface area contributed by atoms with Crippen molar-refractivity contribution in [3.63, 3.8) is 0 Å². The highest BCUT2D eigenvalue weighted by Crippen LogP contribution is 2.34. The highest BCUT2D eigenvalue weighted by molar-refractivity contribution is 5.44. The molecule has 0 amide bonds. The standard InChI is InChI=1S/C17H29NO2/c1-6-10-18-11-7-12-20-16-9-8-14(19-5)13-15(16)17(2,3)4/h8-9,13,18H,6-7,10-12H2,1-5H3. The van der Waals surface area contributed by atoms with Crippen LogP contribution in [0.15, 0.2) is 18.2 Å². The zero-order chi connectivity index (χ0) is 15.0. The van der Waals surface area contributed by atoms with E-state index in [1.54, 1.807) is 7.11 Å². The number of hydrogen-bond donors (Lipinski definition) is 1. The van der Waals surface area contributed by atoms with Crippen LogP contribution in [0, 0.1) is 0 Å². The van der Waals surface area contributed by atoms with Gasteiger partial charge >= 0.3 is 0 Å². The lowest BCUT2D eigenvalue weighted by Crippen LogP contribution is -2.19. The number of hydrogen-bond acceptors (Lipinski definition) is 3. The van der Waals surface area contributed by atoms with Gasteiger partial charge in [0.1, 0.15) is 11.5 Å². The van der Waals surface area contributed by atoms with Crippen LogP contribution < -0.4 is 14.8 Å². The van der Waals surface area contributed by atoms with Gasteiger partial charge in [-0.05, 0) is 49.5 Å². The summed E-state index contributed by atoms with van der Waals surface area (Å²) in [5.74, 6) is 1.85. The molecule has 0 spiro atoms. The van der Waals surface area contributed by atoms with Crippen molar-refractivity contribution in [3.05, 3.63) is 23.8 Å². The molecule has 3 heteroatoms. The minimum Gasteiger partial charge on any atom is -0.497 e. The van der Waals surface area contributed by atoms with E-state index in [4.69, 9.17) is 9.47 Å². The topological polar surface area (TPSA) is 30.5 Å². The fraction of sp³-hybridized carbons (Fsp3) is 0.647. The average molecular weight is 279 g/mol. The van der Waals surface area contributed by atoms with Gasteiger partial charge in [-0.1, -0.05) is 27.7 Å². The van der Waals surface area contributed by atoms with Gasteiger partial charge in [-0.2, -0.15) is 0 Å². The van der Waals surface area contributed by atoms with E-state index in [0.717, 1.165) is 37.6 Å². The van der Waals surface area contributed by atoms with Crippen LogP contribution in [-0.4, -0.2) is 26.8 Å². The summed E-state index contributed by atoms with van der Waals surface area (Å²) in [4.78, 5) is 0. The molecular weight excluding hydrogens is 250 g/mol. The summed E-state index contributed by atoms with van der Waals surface area (Å²) < 4.78 is 11.3. The molecule has 0 unspecified atom stereocenters.